The molecule has 0 heterocycles. The molecule has 0 spiro atoms. The van der Waals surface area contributed by atoms with E-state index in [-0.39, 0.29) is 11.3 Å². The van der Waals surface area contributed by atoms with Gasteiger partial charge in [0.2, 0.25) is 0 Å². The van der Waals surface area contributed by atoms with Crippen LogP contribution < -0.4 is 0 Å². The second-order valence-corrected chi connectivity index (χ2v) is 6.47. The highest BCUT2D eigenvalue weighted by Crippen LogP contribution is 2.22. The van der Waals surface area contributed by atoms with Gasteiger partial charge in [-0.25, -0.2) is 8.42 Å². The summed E-state index contributed by atoms with van der Waals surface area (Å²) in [4.78, 5) is 11.9. The number of aliphatic carboxylic acids is 1. The summed E-state index contributed by atoms with van der Waals surface area (Å²) in [6, 6.07) is 6.25. The van der Waals surface area contributed by atoms with E-state index in [9.17, 15) is 13.2 Å². The Morgan fingerprint density at radius 2 is 1.88 bits per heavy atom. The van der Waals surface area contributed by atoms with E-state index in [0.29, 0.717) is 0 Å². The minimum atomic E-state index is -3.78. The monoisotopic (exact) mass is 274 g/mol. The molecule has 4 nitrogen and oxygen atoms in total. The van der Waals surface area contributed by atoms with Gasteiger partial charge >= 0.3 is 5.97 Å². The van der Waals surface area contributed by atoms with Crippen molar-refractivity contribution in [2.45, 2.75) is 28.4 Å². The van der Waals surface area contributed by atoms with E-state index in [1.807, 2.05) is 6.26 Å². The average molecular weight is 274 g/mol. The molecular weight excluding hydrogens is 260 g/mol. The second kappa shape index (κ2) is 5.55. The Labute approximate surface area is 105 Å². The van der Waals surface area contributed by atoms with Gasteiger partial charge in [0.15, 0.2) is 15.1 Å². The van der Waals surface area contributed by atoms with Crippen LogP contribution in [-0.4, -0.2) is 31.0 Å². The van der Waals surface area contributed by atoms with Crippen LogP contribution in [0, 0.1) is 0 Å². The number of carbonyl (C=O) groups is 1. The molecular formula is C11H14O4S2. The Hall–Kier alpha value is -1.01. The fraction of sp³-hybridized carbons (Fsp3) is 0.364. The lowest BCUT2D eigenvalue weighted by molar-refractivity contribution is -0.136. The molecule has 0 aliphatic rings. The number of thioether (sulfide) groups is 1. The van der Waals surface area contributed by atoms with Crippen LogP contribution in [0.25, 0.3) is 0 Å². The molecule has 94 valence electrons. The number of hydrogen-bond acceptors (Lipinski definition) is 4. The molecule has 6 heteroatoms. The van der Waals surface area contributed by atoms with Crippen LogP contribution in [0.3, 0.4) is 0 Å². The molecule has 17 heavy (non-hydrogen) atoms. The summed E-state index contributed by atoms with van der Waals surface area (Å²) in [5.74, 6) is -1.30. The SMILES string of the molecule is CCC(C(=O)O)S(=O)(=O)c1ccc(SC)cc1. The van der Waals surface area contributed by atoms with E-state index in [0.717, 1.165) is 4.90 Å². The van der Waals surface area contributed by atoms with Gasteiger partial charge < -0.3 is 5.11 Å². The van der Waals surface area contributed by atoms with Crippen LogP contribution in [0.5, 0.6) is 0 Å². The number of rotatable bonds is 5. The first-order valence-corrected chi connectivity index (χ1v) is 7.81. The highest BCUT2D eigenvalue weighted by atomic mass is 32.2. The first kappa shape index (κ1) is 14.1. The highest BCUT2D eigenvalue weighted by Gasteiger charge is 2.32. The molecule has 0 radical (unpaired) electrons. The summed E-state index contributed by atoms with van der Waals surface area (Å²) in [6.45, 7) is 1.55. The summed E-state index contributed by atoms with van der Waals surface area (Å²) in [5, 5.41) is 7.52. The maximum absolute atomic E-state index is 12.0. The molecule has 0 aliphatic heterocycles. The third-order valence-corrected chi connectivity index (χ3v) is 5.37. The smallest absolute Gasteiger partial charge is 0.322 e. The van der Waals surface area contributed by atoms with Crippen LogP contribution in [-0.2, 0) is 14.6 Å². The summed E-state index contributed by atoms with van der Waals surface area (Å²) in [5.41, 5.74) is 0. The van der Waals surface area contributed by atoms with Crippen molar-refractivity contribution in [3.05, 3.63) is 24.3 Å². The molecule has 0 fully saturated rings. The van der Waals surface area contributed by atoms with Gasteiger partial charge in [-0.2, -0.15) is 0 Å². The Bertz CT molecular complexity index is 491. The van der Waals surface area contributed by atoms with E-state index in [1.54, 1.807) is 19.1 Å². The Morgan fingerprint density at radius 3 is 2.24 bits per heavy atom. The molecule has 1 aromatic carbocycles. The largest absolute Gasteiger partial charge is 0.480 e. The topological polar surface area (TPSA) is 71.4 Å². The normalized spacial score (nSPS) is 13.3. The zero-order chi connectivity index (χ0) is 13.1. The average Bonchev–Trinajstić information content (AvgIpc) is 2.29. The molecule has 0 saturated heterocycles. The van der Waals surface area contributed by atoms with Gasteiger partial charge in [-0.1, -0.05) is 6.92 Å². The molecule has 0 aromatic heterocycles. The second-order valence-electron chi connectivity index (χ2n) is 3.46. The standard InChI is InChI=1S/C11H14O4S2/c1-3-10(11(12)13)17(14,15)9-6-4-8(16-2)5-7-9/h4-7,10H,3H2,1-2H3,(H,12,13). The Kier molecular flexibility index (Phi) is 4.59. The number of carboxylic acids is 1. The molecule has 0 bridgehead atoms. The van der Waals surface area contributed by atoms with E-state index in [1.165, 1.54) is 23.9 Å². The van der Waals surface area contributed by atoms with Crippen LogP contribution >= 0.6 is 11.8 Å². The lowest BCUT2D eigenvalue weighted by Gasteiger charge is -2.11. The maximum atomic E-state index is 12.0. The third kappa shape index (κ3) is 3.01. The van der Waals surface area contributed by atoms with Gasteiger partial charge in [-0.3, -0.25) is 4.79 Å². The highest BCUT2D eigenvalue weighted by molar-refractivity contribution is 7.98. The predicted molar refractivity (Wildman–Crippen MR) is 67.1 cm³/mol. The minimum Gasteiger partial charge on any atom is -0.480 e. The fourth-order valence-electron chi connectivity index (χ4n) is 1.46. The van der Waals surface area contributed by atoms with E-state index in [2.05, 4.69) is 0 Å². The van der Waals surface area contributed by atoms with Gasteiger partial charge in [0.1, 0.15) is 0 Å². The van der Waals surface area contributed by atoms with Gasteiger partial charge in [0.05, 0.1) is 4.90 Å². The zero-order valence-electron chi connectivity index (χ0n) is 9.58. The van der Waals surface area contributed by atoms with Gasteiger partial charge in [-0.05, 0) is 36.9 Å². The van der Waals surface area contributed by atoms with Crippen molar-refractivity contribution in [1.82, 2.24) is 0 Å². The molecule has 1 N–H and O–H groups in total. The van der Waals surface area contributed by atoms with Gasteiger partial charge in [0.25, 0.3) is 0 Å². The van der Waals surface area contributed by atoms with E-state index >= 15 is 0 Å². The van der Waals surface area contributed by atoms with Crippen LogP contribution in [0.4, 0.5) is 0 Å². The van der Waals surface area contributed by atoms with Crippen LogP contribution in [0.1, 0.15) is 13.3 Å². The predicted octanol–water partition coefficient (Wildman–Crippen LogP) is 2.05. The maximum Gasteiger partial charge on any atom is 0.322 e. The lowest BCUT2D eigenvalue weighted by Crippen LogP contribution is -2.29. The zero-order valence-corrected chi connectivity index (χ0v) is 11.2. The van der Waals surface area contributed by atoms with Crippen molar-refractivity contribution in [3.63, 3.8) is 0 Å². The number of carboxylic acid groups (broad SMARTS) is 1. The molecule has 0 aliphatic carbocycles. The number of benzene rings is 1. The molecule has 1 unspecified atom stereocenters. The molecule has 0 saturated carbocycles. The van der Waals surface area contributed by atoms with Crippen molar-refractivity contribution in [2.24, 2.45) is 0 Å². The first-order valence-electron chi connectivity index (χ1n) is 5.04. The molecule has 1 rings (SSSR count). The Balaban J connectivity index is 3.16. The summed E-state index contributed by atoms with van der Waals surface area (Å²) < 4.78 is 24.0. The van der Waals surface area contributed by atoms with Crippen LogP contribution in [0.15, 0.2) is 34.1 Å². The van der Waals surface area contributed by atoms with E-state index in [4.69, 9.17) is 5.11 Å². The lowest BCUT2D eigenvalue weighted by atomic mass is 10.3. The van der Waals surface area contributed by atoms with Crippen LogP contribution in [0.2, 0.25) is 0 Å². The van der Waals surface area contributed by atoms with Crippen molar-refractivity contribution in [3.8, 4) is 0 Å². The van der Waals surface area contributed by atoms with E-state index < -0.39 is 21.1 Å². The summed E-state index contributed by atoms with van der Waals surface area (Å²) >= 11 is 1.50. The summed E-state index contributed by atoms with van der Waals surface area (Å²) in [7, 11) is -3.78. The minimum absolute atomic E-state index is 0.0575. The van der Waals surface area contributed by atoms with Gasteiger partial charge in [0, 0.05) is 4.90 Å². The molecule has 1 aromatic rings. The fourth-order valence-corrected chi connectivity index (χ4v) is 3.41. The molecule has 0 amide bonds. The summed E-state index contributed by atoms with van der Waals surface area (Å²) in [6.07, 6.45) is 1.94. The first-order chi connectivity index (χ1) is 7.93. The third-order valence-electron chi connectivity index (χ3n) is 2.41. The molecule has 1 atom stereocenters. The number of hydrogen-bond donors (Lipinski definition) is 1. The van der Waals surface area contributed by atoms with Crippen molar-refractivity contribution in [1.29, 1.82) is 0 Å². The van der Waals surface area contributed by atoms with Crippen molar-refractivity contribution >= 4 is 27.6 Å². The Morgan fingerprint density at radius 1 is 1.35 bits per heavy atom. The quantitative estimate of drug-likeness (QED) is 0.832. The van der Waals surface area contributed by atoms with Crippen molar-refractivity contribution < 1.29 is 18.3 Å². The van der Waals surface area contributed by atoms with Crippen molar-refractivity contribution in [2.75, 3.05) is 6.26 Å². The number of sulfone groups is 1. The van der Waals surface area contributed by atoms with Gasteiger partial charge in [-0.15, -0.1) is 11.8 Å².